The van der Waals surface area contributed by atoms with Gasteiger partial charge in [0.2, 0.25) is 0 Å². The summed E-state index contributed by atoms with van der Waals surface area (Å²) >= 11 is 0. The highest BCUT2D eigenvalue weighted by Gasteiger charge is 2.59. The van der Waals surface area contributed by atoms with E-state index in [-0.39, 0.29) is 12.2 Å². The number of fused-ring (bicyclic) bond motifs is 2. The minimum absolute atomic E-state index is 0.154. The summed E-state index contributed by atoms with van der Waals surface area (Å²) in [5.41, 5.74) is 1.82. The highest BCUT2D eigenvalue weighted by Crippen LogP contribution is 2.63. The Hall–Kier alpha value is -0.340. The van der Waals surface area contributed by atoms with Gasteiger partial charge in [-0.15, -0.1) is 0 Å². The molecule has 0 bridgehead atoms. The molecular weight excluding hydrogens is 212 g/mol. The van der Waals surface area contributed by atoms with Crippen molar-refractivity contribution in [2.75, 3.05) is 6.61 Å². The summed E-state index contributed by atoms with van der Waals surface area (Å²) in [6.45, 7) is 7.20. The van der Waals surface area contributed by atoms with Gasteiger partial charge in [0.25, 0.3) is 0 Å². The second kappa shape index (κ2) is 3.58. The SMILES string of the molecule is CC1(C)[C@H]2/C=C(/CO)CC[C@@H]3O[C@@]3(C)CC[C@@H]21. The lowest BCUT2D eigenvalue weighted by Crippen LogP contribution is -2.12. The third-order valence-corrected chi connectivity index (χ3v) is 5.47. The zero-order valence-electron chi connectivity index (χ0n) is 11.2. The molecule has 1 saturated carbocycles. The summed E-state index contributed by atoms with van der Waals surface area (Å²) in [5.74, 6) is 1.48. The van der Waals surface area contributed by atoms with Gasteiger partial charge in [0, 0.05) is 0 Å². The summed E-state index contributed by atoms with van der Waals surface area (Å²) in [7, 11) is 0. The summed E-state index contributed by atoms with van der Waals surface area (Å²) in [4.78, 5) is 0. The summed E-state index contributed by atoms with van der Waals surface area (Å²) < 4.78 is 5.86. The van der Waals surface area contributed by atoms with E-state index in [1.165, 1.54) is 18.4 Å². The Kier molecular flexibility index (Phi) is 2.47. The highest BCUT2D eigenvalue weighted by atomic mass is 16.6. The van der Waals surface area contributed by atoms with Crippen LogP contribution in [0.15, 0.2) is 11.6 Å². The Morgan fingerprint density at radius 2 is 2.12 bits per heavy atom. The lowest BCUT2D eigenvalue weighted by molar-refractivity contribution is 0.283. The van der Waals surface area contributed by atoms with Gasteiger partial charge in [-0.3, -0.25) is 0 Å². The second-order valence-corrected chi connectivity index (χ2v) is 6.93. The van der Waals surface area contributed by atoms with Crippen molar-refractivity contribution < 1.29 is 9.84 Å². The normalized spacial score (nSPS) is 50.6. The number of hydrogen-bond donors (Lipinski definition) is 1. The first kappa shape index (κ1) is 11.7. The van der Waals surface area contributed by atoms with Gasteiger partial charge in [-0.25, -0.2) is 0 Å². The molecule has 0 radical (unpaired) electrons. The van der Waals surface area contributed by atoms with E-state index in [1.807, 2.05) is 0 Å². The molecule has 0 unspecified atom stereocenters. The average molecular weight is 236 g/mol. The molecule has 17 heavy (non-hydrogen) atoms. The molecule has 4 atom stereocenters. The Morgan fingerprint density at radius 3 is 2.82 bits per heavy atom. The molecule has 3 rings (SSSR count). The van der Waals surface area contributed by atoms with Crippen LogP contribution in [0.25, 0.3) is 0 Å². The Bertz CT molecular complexity index is 358. The maximum absolute atomic E-state index is 9.43. The van der Waals surface area contributed by atoms with Crippen molar-refractivity contribution in [2.45, 2.75) is 58.2 Å². The van der Waals surface area contributed by atoms with Crippen LogP contribution in [0.2, 0.25) is 0 Å². The number of aliphatic hydroxyl groups excluding tert-OH is 1. The van der Waals surface area contributed by atoms with Gasteiger partial charge in [0.15, 0.2) is 0 Å². The third kappa shape index (κ3) is 1.86. The predicted octanol–water partition coefficient (Wildman–Crippen LogP) is 2.91. The quantitative estimate of drug-likeness (QED) is 0.561. The fraction of sp³-hybridized carbons (Fsp3) is 0.867. The number of ether oxygens (including phenoxy) is 1. The first-order valence-electron chi connectivity index (χ1n) is 6.95. The standard InChI is InChI=1S/C15H24O2/c1-14(2)11-6-7-15(3)13(17-15)5-4-10(9-16)8-12(11)14/h8,11-13,16H,4-7,9H2,1-3H3/b10-8+/t11-,12-,13-,15-/m0/s1. The maximum Gasteiger partial charge on any atom is 0.0920 e. The van der Waals surface area contributed by atoms with Gasteiger partial charge >= 0.3 is 0 Å². The molecule has 0 aromatic heterocycles. The van der Waals surface area contributed by atoms with Crippen LogP contribution in [-0.2, 0) is 4.74 Å². The van der Waals surface area contributed by atoms with Crippen LogP contribution in [-0.4, -0.2) is 23.4 Å². The molecule has 1 N–H and O–H groups in total. The van der Waals surface area contributed by atoms with E-state index >= 15 is 0 Å². The smallest absolute Gasteiger partial charge is 0.0920 e. The van der Waals surface area contributed by atoms with E-state index in [0.717, 1.165) is 18.8 Å². The van der Waals surface area contributed by atoms with Crippen molar-refractivity contribution in [1.82, 2.24) is 0 Å². The van der Waals surface area contributed by atoms with Crippen LogP contribution in [0.3, 0.4) is 0 Å². The highest BCUT2D eigenvalue weighted by molar-refractivity contribution is 5.21. The maximum atomic E-state index is 9.43. The van der Waals surface area contributed by atoms with Crippen molar-refractivity contribution in [1.29, 1.82) is 0 Å². The second-order valence-electron chi connectivity index (χ2n) is 6.93. The number of allylic oxidation sites excluding steroid dienone is 1. The van der Waals surface area contributed by atoms with Gasteiger partial charge in [0.05, 0.1) is 18.3 Å². The summed E-state index contributed by atoms with van der Waals surface area (Å²) in [6, 6.07) is 0. The Balaban J connectivity index is 1.79. The third-order valence-electron chi connectivity index (χ3n) is 5.47. The number of hydrogen-bond acceptors (Lipinski definition) is 2. The zero-order chi connectivity index (χ0) is 12.3. The first-order chi connectivity index (χ1) is 7.97. The number of rotatable bonds is 1. The fourth-order valence-electron chi connectivity index (χ4n) is 3.77. The van der Waals surface area contributed by atoms with E-state index in [1.54, 1.807) is 0 Å². The topological polar surface area (TPSA) is 32.8 Å². The predicted molar refractivity (Wildman–Crippen MR) is 67.7 cm³/mol. The molecule has 96 valence electrons. The molecule has 1 saturated heterocycles. The molecule has 2 nitrogen and oxygen atoms in total. The van der Waals surface area contributed by atoms with Crippen molar-refractivity contribution in [3.05, 3.63) is 11.6 Å². The number of epoxide rings is 1. The van der Waals surface area contributed by atoms with Gasteiger partial charge < -0.3 is 9.84 Å². The lowest BCUT2D eigenvalue weighted by atomic mass is 9.93. The number of aliphatic hydroxyl groups is 1. The fourth-order valence-corrected chi connectivity index (χ4v) is 3.77. The molecule has 2 fully saturated rings. The van der Waals surface area contributed by atoms with Crippen LogP contribution >= 0.6 is 0 Å². The van der Waals surface area contributed by atoms with Crippen molar-refractivity contribution in [2.24, 2.45) is 17.3 Å². The Labute approximate surface area is 104 Å². The van der Waals surface area contributed by atoms with Crippen LogP contribution in [0.5, 0.6) is 0 Å². The van der Waals surface area contributed by atoms with E-state index in [9.17, 15) is 5.11 Å². The first-order valence-corrected chi connectivity index (χ1v) is 6.95. The zero-order valence-corrected chi connectivity index (χ0v) is 11.2. The van der Waals surface area contributed by atoms with Crippen molar-refractivity contribution in [3.8, 4) is 0 Å². The van der Waals surface area contributed by atoms with Gasteiger partial charge in [-0.2, -0.15) is 0 Å². The van der Waals surface area contributed by atoms with Crippen LogP contribution in [0, 0.1) is 17.3 Å². The van der Waals surface area contributed by atoms with Crippen molar-refractivity contribution >= 4 is 0 Å². The molecule has 0 aromatic carbocycles. The van der Waals surface area contributed by atoms with Gasteiger partial charge in [-0.05, 0) is 55.4 Å². The van der Waals surface area contributed by atoms with Gasteiger partial charge in [-0.1, -0.05) is 19.9 Å². The largest absolute Gasteiger partial charge is 0.392 e. The van der Waals surface area contributed by atoms with E-state index in [2.05, 4.69) is 26.8 Å². The molecule has 1 aliphatic heterocycles. The van der Waals surface area contributed by atoms with E-state index < -0.39 is 0 Å². The van der Waals surface area contributed by atoms with Gasteiger partial charge in [0.1, 0.15) is 0 Å². The molecule has 0 amide bonds. The van der Waals surface area contributed by atoms with Crippen molar-refractivity contribution in [3.63, 3.8) is 0 Å². The monoisotopic (exact) mass is 236 g/mol. The summed E-state index contributed by atoms with van der Waals surface area (Å²) in [6.07, 6.45) is 7.38. The van der Waals surface area contributed by atoms with E-state index in [0.29, 0.717) is 17.4 Å². The van der Waals surface area contributed by atoms with Crippen LogP contribution in [0.4, 0.5) is 0 Å². The minimum Gasteiger partial charge on any atom is -0.392 e. The molecular formula is C15H24O2. The average Bonchev–Trinajstić information content (AvgIpc) is 3.07. The van der Waals surface area contributed by atoms with Crippen LogP contribution < -0.4 is 0 Å². The van der Waals surface area contributed by atoms with Crippen LogP contribution in [0.1, 0.15) is 46.5 Å². The minimum atomic E-state index is 0.154. The molecule has 3 aliphatic rings. The molecule has 0 spiro atoms. The Morgan fingerprint density at radius 1 is 1.35 bits per heavy atom. The summed E-state index contributed by atoms with van der Waals surface area (Å²) in [5, 5.41) is 9.43. The molecule has 2 heteroatoms. The lowest BCUT2D eigenvalue weighted by Gasteiger charge is -2.09. The molecule has 1 heterocycles. The molecule has 2 aliphatic carbocycles. The van der Waals surface area contributed by atoms with E-state index in [4.69, 9.17) is 4.74 Å². The molecule has 0 aromatic rings.